The summed E-state index contributed by atoms with van der Waals surface area (Å²) >= 11 is 22.2. The SMILES string of the molecule is Cc1c(Cl)c([N+](=O)[O-])nn1C12CC3CC(CC(CC(=O)Nc4nn(Cc5ccc(Cl)cc5Cl)cc4Br)(C3)C1)C2. The van der Waals surface area contributed by atoms with Crippen LogP contribution < -0.4 is 5.32 Å². The lowest BCUT2D eigenvalue weighted by Crippen LogP contribution is -2.57. The molecule has 1 aromatic carbocycles. The van der Waals surface area contributed by atoms with Crippen LogP contribution in [0.4, 0.5) is 11.6 Å². The molecule has 3 aromatic rings. The molecular weight excluding hydrogens is 631 g/mol. The van der Waals surface area contributed by atoms with Gasteiger partial charge in [0.2, 0.25) is 5.91 Å². The van der Waals surface area contributed by atoms with Gasteiger partial charge in [-0.3, -0.25) is 9.48 Å². The lowest BCUT2D eigenvalue weighted by atomic mass is 9.46. The molecule has 4 fully saturated rings. The second kappa shape index (κ2) is 9.75. The first kappa shape index (κ1) is 27.1. The summed E-state index contributed by atoms with van der Waals surface area (Å²) in [6.45, 7) is 2.23. The zero-order valence-corrected chi connectivity index (χ0v) is 24.9. The quantitative estimate of drug-likeness (QED) is 0.211. The molecule has 7 rings (SSSR count). The van der Waals surface area contributed by atoms with Gasteiger partial charge >= 0.3 is 5.82 Å². The van der Waals surface area contributed by atoms with E-state index in [1.807, 2.05) is 10.7 Å². The Morgan fingerprint density at radius 2 is 1.92 bits per heavy atom. The normalized spacial score (nSPS) is 27.2. The number of benzene rings is 1. The van der Waals surface area contributed by atoms with Gasteiger partial charge in [-0.05, 0) is 101 Å². The van der Waals surface area contributed by atoms with Crippen LogP contribution in [0.15, 0.2) is 28.9 Å². The van der Waals surface area contributed by atoms with E-state index in [1.54, 1.807) is 29.9 Å². The fourth-order valence-corrected chi connectivity index (χ4v) is 8.88. The Kier molecular flexibility index (Phi) is 6.76. The van der Waals surface area contributed by atoms with E-state index in [-0.39, 0.29) is 27.7 Å². The van der Waals surface area contributed by atoms with Crippen molar-refractivity contribution in [2.24, 2.45) is 17.3 Å². The third-order valence-corrected chi connectivity index (χ3v) is 10.3. The van der Waals surface area contributed by atoms with Crippen LogP contribution in [0.2, 0.25) is 15.1 Å². The Bertz CT molecular complexity index is 1490. The Hall–Kier alpha value is -2.14. The van der Waals surface area contributed by atoms with Crippen LogP contribution in [0.1, 0.15) is 56.2 Å². The van der Waals surface area contributed by atoms with E-state index >= 15 is 0 Å². The molecule has 0 spiro atoms. The molecule has 1 N–H and O–H groups in total. The molecule has 206 valence electrons. The second-order valence-corrected chi connectivity index (χ2v) is 13.6. The number of halogens is 4. The van der Waals surface area contributed by atoms with Crippen molar-refractivity contribution in [2.75, 3.05) is 5.32 Å². The zero-order valence-electron chi connectivity index (χ0n) is 21.1. The van der Waals surface area contributed by atoms with Gasteiger partial charge in [0.1, 0.15) is 0 Å². The molecular formula is C26H26BrCl3N6O3. The van der Waals surface area contributed by atoms with E-state index in [0.29, 0.717) is 50.8 Å². The third kappa shape index (κ3) is 4.87. The van der Waals surface area contributed by atoms with Crippen LogP contribution in [0.3, 0.4) is 0 Å². The average molecular weight is 657 g/mol. The van der Waals surface area contributed by atoms with Gasteiger partial charge in [-0.15, -0.1) is 0 Å². The van der Waals surface area contributed by atoms with Gasteiger partial charge in [0, 0.05) is 22.7 Å². The van der Waals surface area contributed by atoms with Crippen LogP contribution in [0.25, 0.3) is 0 Å². The van der Waals surface area contributed by atoms with Crippen molar-refractivity contribution in [2.45, 2.75) is 64.0 Å². The van der Waals surface area contributed by atoms with Crippen molar-refractivity contribution in [3.8, 4) is 0 Å². The standard InChI is InChI=1S/C26H26BrCl3N6O3/c1-14-22(30)24(36(38)39)33-35(14)26-8-15-4-16(9-26)7-25(6-15,13-26)10-21(37)31-23-19(27)12-34(32-23)11-17-2-3-18(28)5-20(17)29/h2-3,5,12,15-16H,4,6-11,13H2,1H3,(H,31,32,37). The van der Waals surface area contributed by atoms with Gasteiger partial charge in [0.05, 0.1) is 27.3 Å². The van der Waals surface area contributed by atoms with Crippen molar-refractivity contribution < 1.29 is 9.72 Å². The maximum Gasteiger partial charge on any atom is 0.408 e. The zero-order chi connectivity index (χ0) is 27.7. The molecule has 2 heterocycles. The van der Waals surface area contributed by atoms with Crippen molar-refractivity contribution in [3.05, 3.63) is 65.3 Å². The topological polar surface area (TPSA) is 108 Å². The lowest BCUT2D eigenvalue weighted by molar-refractivity contribution is -0.389. The molecule has 4 aliphatic rings. The summed E-state index contributed by atoms with van der Waals surface area (Å²) in [6, 6.07) is 5.32. The third-order valence-electron chi connectivity index (χ3n) is 8.66. The number of hydrogen-bond acceptors (Lipinski definition) is 5. The van der Waals surface area contributed by atoms with Gasteiger partial charge < -0.3 is 15.4 Å². The number of nitrogens with zero attached hydrogens (tertiary/aromatic N) is 5. The summed E-state index contributed by atoms with van der Waals surface area (Å²) in [5, 5.41) is 24.7. The van der Waals surface area contributed by atoms with Crippen molar-refractivity contribution in [1.82, 2.24) is 19.6 Å². The summed E-state index contributed by atoms with van der Waals surface area (Å²) in [5.41, 5.74) is 0.939. The molecule has 2 aromatic heterocycles. The summed E-state index contributed by atoms with van der Waals surface area (Å²) in [5.74, 6) is 0.974. The van der Waals surface area contributed by atoms with Crippen LogP contribution in [-0.4, -0.2) is 30.4 Å². The first-order valence-corrected chi connectivity index (χ1v) is 14.8. The molecule has 9 nitrogen and oxygen atoms in total. The minimum Gasteiger partial charge on any atom is -0.358 e. The molecule has 2 atom stereocenters. The number of nitro groups is 1. The van der Waals surface area contributed by atoms with Gasteiger partial charge in [-0.1, -0.05) is 40.9 Å². The van der Waals surface area contributed by atoms with Crippen LogP contribution >= 0.6 is 50.7 Å². The largest absolute Gasteiger partial charge is 0.408 e. The van der Waals surface area contributed by atoms with Gasteiger partial charge in [0.25, 0.3) is 0 Å². The predicted molar refractivity (Wildman–Crippen MR) is 152 cm³/mol. The number of rotatable bonds is 7. The number of nitrogens with one attached hydrogen (secondary N) is 1. The van der Waals surface area contributed by atoms with E-state index in [4.69, 9.17) is 34.8 Å². The van der Waals surface area contributed by atoms with Crippen molar-refractivity contribution >= 4 is 68.3 Å². The monoisotopic (exact) mass is 654 g/mol. The number of anilines is 1. The highest BCUT2D eigenvalue weighted by atomic mass is 79.9. The Balaban J connectivity index is 1.20. The highest BCUT2D eigenvalue weighted by molar-refractivity contribution is 9.10. The van der Waals surface area contributed by atoms with E-state index in [9.17, 15) is 14.9 Å². The van der Waals surface area contributed by atoms with E-state index in [0.717, 1.165) is 44.1 Å². The lowest BCUT2D eigenvalue weighted by Gasteiger charge is -2.61. The Morgan fingerprint density at radius 1 is 1.21 bits per heavy atom. The molecule has 0 aliphatic heterocycles. The summed E-state index contributed by atoms with van der Waals surface area (Å²) in [7, 11) is 0. The molecule has 4 aliphatic carbocycles. The fourth-order valence-electron chi connectivity index (χ4n) is 7.81. The number of carbonyl (C=O) groups is 1. The molecule has 4 bridgehead atoms. The van der Waals surface area contributed by atoms with E-state index in [2.05, 4.69) is 31.4 Å². The molecule has 13 heteroatoms. The summed E-state index contributed by atoms with van der Waals surface area (Å²) < 4.78 is 4.21. The predicted octanol–water partition coefficient (Wildman–Crippen LogP) is 7.39. The number of hydrogen-bond donors (Lipinski definition) is 1. The number of amides is 1. The molecule has 1 amide bonds. The molecule has 2 unspecified atom stereocenters. The highest BCUT2D eigenvalue weighted by Crippen LogP contribution is 2.65. The first-order valence-electron chi connectivity index (χ1n) is 12.8. The maximum absolute atomic E-state index is 13.4. The molecule has 39 heavy (non-hydrogen) atoms. The number of carbonyl (C=O) groups excluding carboxylic acids is 1. The minimum atomic E-state index is -0.520. The average Bonchev–Trinajstić information content (AvgIpc) is 3.33. The van der Waals surface area contributed by atoms with Gasteiger partial charge in [0.15, 0.2) is 10.8 Å². The Labute approximate surface area is 248 Å². The highest BCUT2D eigenvalue weighted by Gasteiger charge is 2.61. The molecule has 0 saturated heterocycles. The van der Waals surface area contributed by atoms with Crippen molar-refractivity contribution in [1.29, 1.82) is 0 Å². The van der Waals surface area contributed by atoms with Gasteiger partial charge in [-0.2, -0.15) is 9.78 Å². The number of aromatic nitrogens is 4. The summed E-state index contributed by atoms with van der Waals surface area (Å²) in [4.78, 5) is 24.4. The van der Waals surface area contributed by atoms with Crippen LogP contribution in [0, 0.1) is 34.3 Å². The smallest absolute Gasteiger partial charge is 0.358 e. The van der Waals surface area contributed by atoms with Crippen molar-refractivity contribution in [3.63, 3.8) is 0 Å². The maximum atomic E-state index is 13.4. The van der Waals surface area contributed by atoms with Crippen LogP contribution in [0.5, 0.6) is 0 Å². The molecule has 0 radical (unpaired) electrons. The Morgan fingerprint density at radius 3 is 2.56 bits per heavy atom. The van der Waals surface area contributed by atoms with Gasteiger partial charge in [-0.25, -0.2) is 0 Å². The van der Waals surface area contributed by atoms with E-state index in [1.165, 1.54) is 0 Å². The van der Waals surface area contributed by atoms with E-state index < -0.39 is 4.92 Å². The second-order valence-electron chi connectivity index (χ2n) is 11.6. The van der Waals surface area contributed by atoms with Crippen LogP contribution in [-0.2, 0) is 16.9 Å². The molecule has 4 saturated carbocycles. The summed E-state index contributed by atoms with van der Waals surface area (Å²) in [6.07, 6.45) is 7.81. The minimum absolute atomic E-state index is 0.0937. The first-order chi connectivity index (χ1) is 18.5. The fraction of sp³-hybridized carbons (Fsp3) is 0.500.